The molecule has 1 unspecified atom stereocenters. The second-order valence-corrected chi connectivity index (χ2v) is 6.98. The van der Waals surface area contributed by atoms with Crippen molar-refractivity contribution in [2.45, 2.75) is 38.3 Å². The maximum Gasteiger partial charge on any atom is 0.167 e. The molecule has 1 aliphatic heterocycles. The van der Waals surface area contributed by atoms with Gasteiger partial charge in [0.25, 0.3) is 0 Å². The fourth-order valence-corrected chi connectivity index (χ4v) is 3.68. The Morgan fingerprint density at radius 3 is 2.81 bits per heavy atom. The third kappa shape index (κ3) is 3.70. The Hall–Kier alpha value is -2.47. The van der Waals surface area contributed by atoms with Crippen LogP contribution in [0.5, 0.6) is 0 Å². The minimum Gasteiger partial charge on any atom is -0.356 e. The lowest BCUT2D eigenvalue weighted by molar-refractivity contribution is 0.184. The molecule has 3 heterocycles. The molecule has 1 aliphatic rings. The van der Waals surface area contributed by atoms with Crippen molar-refractivity contribution in [1.82, 2.24) is 19.8 Å². The van der Waals surface area contributed by atoms with E-state index in [9.17, 15) is 4.39 Å². The minimum absolute atomic E-state index is 0.232. The molecule has 6 heteroatoms. The fraction of sp³-hybridized carbons (Fsp3) is 0.400. The van der Waals surface area contributed by atoms with Gasteiger partial charge in [-0.15, -0.1) is 0 Å². The summed E-state index contributed by atoms with van der Waals surface area (Å²) in [7, 11) is 1.94. The smallest absolute Gasteiger partial charge is 0.167 e. The van der Waals surface area contributed by atoms with Crippen LogP contribution in [0.1, 0.15) is 43.0 Å². The van der Waals surface area contributed by atoms with Gasteiger partial charge >= 0.3 is 0 Å². The highest BCUT2D eigenvalue weighted by Gasteiger charge is 2.26. The van der Waals surface area contributed by atoms with Gasteiger partial charge in [0.05, 0.1) is 12.2 Å². The van der Waals surface area contributed by atoms with Gasteiger partial charge < -0.3 is 4.52 Å². The van der Waals surface area contributed by atoms with Gasteiger partial charge in [0.15, 0.2) is 5.76 Å². The van der Waals surface area contributed by atoms with E-state index in [4.69, 9.17) is 4.52 Å². The van der Waals surface area contributed by atoms with Crippen LogP contribution < -0.4 is 0 Å². The first-order valence-corrected chi connectivity index (χ1v) is 9.13. The highest BCUT2D eigenvalue weighted by molar-refractivity contribution is 5.57. The van der Waals surface area contributed by atoms with Crippen LogP contribution in [-0.4, -0.2) is 26.4 Å². The van der Waals surface area contributed by atoms with E-state index in [0.29, 0.717) is 5.76 Å². The van der Waals surface area contributed by atoms with Gasteiger partial charge in [-0.1, -0.05) is 18.0 Å². The summed E-state index contributed by atoms with van der Waals surface area (Å²) in [6.45, 7) is 1.90. The van der Waals surface area contributed by atoms with E-state index in [1.807, 2.05) is 24.0 Å². The normalized spacial score (nSPS) is 18.8. The molecule has 1 saturated heterocycles. The largest absolute Gasteiger partial charge is 0.356 e. The Kier molecular flexibility index (Phi) is 4.84. The summed E-state index contributed by atoms with van der Waals surface area (Å²) in [4.78, 5) is 2.47. The molecule has 0 aliphatic carbocycles. The third-order valence-electron chi connectivity index (χ3n) is 5.01. The molecule has 1 aromatic carbocycles. The van der Waals surface area contributed by atoms with Crippen LogP contribution in [0.4, 0.5) is 4.39 Å². The van der Waals surface area contributed by atoms with Gasteiger partial charge in [-0.05, 0) is 43.7 Å². The lowest BCUT2D eigenvalue weighted by atomic mass is 10.0. The van der Waals surface area contributed by atoms with E-state index < -0.39 is 0 Å². The van der Waals surface area contributed by atoms with Crippen molar-refractivity contribution in [2.24, 2.45) is 7.05 Å². The second-order valence-electron chi connectivity index (χ2n) is 6.98. The Morgan fingerprint density at radius 1 is 1.19 bits per heavy atom. The first-order valence-electron chi connectivity index (χ1n) is 9.13. The molecule has 1 atom stereocenters. The molecule has 1 fully saturated rings. The van der Waals surface area contributed by atoms with Gasteiger partial charge in [0.2, 0.25) is 0 Å². The predicted octanol–water partition coefficient (Wildman–Crippen LogP) is 4.33. The summed E-state index contributed by atoms with van der Waals surface area (Å²) in [6, 6.07) is 8.56. The number of rotatable bonds is 4. The molecule has 0 bridgehead atoms. The number of hydrogen-bond acceptors (Lipinski definition) is 4. The Bertz CT molecular complexity index is 855. The van der Waals surface area contributed by atoms with Crippen LogP contribution in [0.3, 0.4) is 0 Å². The van der Waals surface area contributed by atoms with E-state index in [0.717, 1.165) is 30.8 Å². The number of aromatic nitrogens is 3. The summed E-state index contributed by atoms with van der Waals surface area (Å²) >= 11 is 0. The van der Waals surface area contributed by atoms with Crippen LogP contribution in [0.2, 0.25) is 0 Å². The van der Waals surface area contributed by atoms with E-state index >= 15 is 0 Å². The number of benzene rings is 1. The number of nitrogens with zero attached hydrogens (tertiary/aromatic N) is 4. The maximum atomic E-state index is 13.1. The van der Waals surface area contributed by atoms with Gasteiger partial charge in [0, 0.05) is 37.0 Å². The molecule has 136 valence electrons. The molecule has 4 rings (SSSR count). The molecule has 26 heavy (non-hydrogen) atoms. The number of hydrogen-bond donors (Lipinski definition) is 0. The van der Waals surface area contributed by atoms with Crippen molar-refractivity contribution >= 4 is 0 Å². The van der Waals surface area contributed by atoms with Gasteiger partial charge in [-0.3, -0.25) is 9.58 Å². The van der Waals surface area contributed by atoms with Gasteiger partial charge in [-0.2, -0.15) is 5.10 Å². The molecule has 0 spiro atoms. The Morgan fingerprint density at radius 2 is 2.04 bits per heavy atom. The zero-order chi connectivity index (χ0) is 17.9. The highest BCUT2D eigenvalue weighted by atomic mass is 19.1. The first kappa shape index (κ1) is 17.0. The molecule has 0 radical (unpaired) electrons. The van der Waals surface area contributed by atoms with Gasteiger partial charge in [-0.25, -0.2) is 4.39 Å². The molecule has 0 saturated carbocycles. The van der Waals surface area contributed by atoms with Crippen LogP contribution >= 0.6 is 0 Å². The highest BCUT2D eigenvalue weighted by Crippen LogP contribution is 2.33. The lowest BCUT2D eigenvalue weighted by Gasteiger charge is -2.27. The monoisotopic (exact) mass is 354 g/mol. The van der Waals surface area contributed by atoms with Crippen molar-refractivity contribution in [2.75, 3.05) is 6.54 Å². The third-order valence-corrected chi connectivity index (χ3v) is 5.01. The van der Waals surface area contributed by atoms with Crippen LogP contribution in [0, 0.1) is 5.82 Å². The first-order chi connectivity index (χ1) is 12.7. The summed E-state index contributed by atoms with van der Waals surface area (Å²) in [6.07, 6.45) is 8.67. The topological polar surface area (TPSA) is 47.1 Å². The number of halogens is 1. The van der Waals surface area contributed by atoms with Crippen molar-refractivity contribution in [1.29, 1.82) is 0 Å². The molecule has 0 N–H and O–H groups in total. The maximum absolute atomic E-state index is 13.1. The van der Waals surface area contributed by atoms with Crippen LogP contribution in [0.25, 0.3) is 11.3 Å². The SMILES string of the molecule is Cn1cc(CN2CCCCCC2c2cc(-c3ccc(F)cc3)on2)cn1. The van der Waals surface area contributed by atoms with Crippen molar-refractivity contribution < 1.29 is 8.91 Å². The zero-order valence-electron chi connectivity index (χ0n) is 14.9. The lowest BCUT2D eigenvalue weighted by Crippen LogP contribution is -2.28. The average molecular weight is 354 g/mol. The summed E-state index contributed by atoms with van der Waals surface area (Å²) in [5.41, 5.74) is 3.01. The number of aryl methyl sites for hydroxylation is 1. The van der Waals surface area contributed by atoms with E-state index in [2.05, 4.69) is 21.4 Å². The fourth-order valence-electron chi connectivity index (χ4n) is 3.68. The van der Waals surface area contributed by atoms with Crippen LogP contribution in [0.15, 0.2) is 47.2 Å². The standard InChI is InChI=1S/C20H23FN4O/c1-24-13-15(12-22-24)14-25-10-4-2-3-5-19(25)18-11-20(26-23-18)16-6-8-17(21)9-7-16/h6-9,11-13,19H,2-5,10,14H2,1H3. The molecule has 5 nitrogen and oxygen atoms in total. The van der Waals surface area contributed by atoms with E-state index in [1.54, 1.807) is 12.1 Å². The Balaban J connectivity index is 1.57. The molecule has 0 amide bonds. The summed E-state index contributed by atoms with van der Waals surface area (Å²) in [5.74, 6) is 0.436. The molecular weight excluding hydrogens is 331 g/mol. The zero-order valence-corrected chi connectivity index (χ0v) is 14.9. The van der Waals surface area contributed by atoms with E-state index in [1.165, 1.54) is 37.0 Å². The summed E-state index contributed by atoms with van der Waals surface area (Å²) in [5, 5.41) is 8.63. The summed E-state index contributed by atoms with van der Waals surface area (Å²) < 4.78 is 20.6. The van der Waals surface area contributed by atoms with E-state index in [-0.39, 0.29) is 11.9 Å². The predicted molar refractivity (Wildman–Crippen MR) is 96.7 cm³/mol. The Labute approximate surface area is 152 Å². The quantitative estimate of drug-likeness (QED) is 0.700. The van der Waals surface area contributed by atoms with Crippen molar-refractivity contribution in [3.63, 3.8) is 0 Å². The van der Waals surface area contributed by atoms with Crippen molar-refractivity contribution in [3.05, 3.63) is 59.8 Å². The van der Waals surface area contributed by atoms with Crippen LogP contribution in [-0.2, 0) is 13.6 Å². The molecular formula is C20H23FN4O. The molecule has 2 aromatic heterocycles. The second kappa shape index (κ2) is 7.41. The minimum atomic E-state index is -0.250. The number of likely N-dealkylation sites (tertiary alicyclic amines) is 1. The van der Waals surface area contributed by atoms with Crippen molar-refractivity contribution in [3.8, 4) is 11.3 Å². The molecule has 3 aromatic rings. The average Bonchev–Trinajstić information content (AvgIpc) is 3.21. The van der Waals surface area contributed by atoms with Gasteiger partial charge in [0.1, 0.15) is 11.5 Å².